The van der Waals surface area contributed by atoms with Crippen LogP contribution in [0.3, 0.4) is 0 Å². The fourth-order valence-corrected chi connectivity index (χ4v) is 0.916. The number of aliphatic carboxylic acids is 1. The summed E-state index contributed by atoms with van der Waals surface area (Å²) < 4.78 is 4.80. The molecule has 72 valence electrons. The number of hydrogen-bond donors (Lipinski definition) is 2. The Morgan fingerprint density at radius 3 is 2.50 bits per heavy atom. The zero-order valence-corrected chi connectivity index (χ0v) is 7.83. The van der Waals surface area contributed by atoms with E-state index in [2.05, 4.69) is 5.32 Å². The Bertz CT molecular complexity index is 136. The fraction of sp³-hybridized carbons (Fsp3) is 0.875. The number of hydrogen-bond acceptors (Lipinski definition) is 3. The number of ether oxygens (including phenoxy) is 1. The molecule has 0 heterocycles. The van der Waals surface area contributed by atoms with Crippen molar-refractivity contribution in [2.45, 2.75) is 32.4 Å². The van der Waals surface area contributed by atoms with Crippen LogP contribution in [0.25, 0.3) is 0 Å². The molecule has 1 atom stereocenters. The molecule has 0 aliphatic heterocycles. The van der Waals surface area contributed by atoms with Crippen molar-refractivity contribution in [1.29, 1.82) is 0 Å². The Labute approximate surface area is 72.9 Å². The number of rotatable bonds is 6. The Hall–Kier alpha value is -0.610. The number of methoxy groups -OCH3 is 1. The van der Waals surface area contributed by atoms with Crippen LogP contribution in [-0.2, 0) is 9.53 Å². The largest absolute Gasteiger partial charge is 0.480 e. The van der Waals surface area contributed by atoms with Gasteiger partial charge in [0.05, 0.1) is 0 Å². The average Bonchev–Trinajstić information content (AvgIpc) is 1.96. The molecule has 4 heteroatoms. The van der Waals surface area contributed by atoms with E-state index >= 15 is 0 Å². The van der Waals surface area contributed by atoms with E-state index in [-0.39, 0.29) is 6.04 Å². The molecule has 0 aromatic heterocycles. The highest BCUT2D eigenvalue weighted by Gasteiger charge is 2.16. The fourth-order valence-electron chi connectivity index (χ4n) is 0.916. The van der Waals surface area contributed by atoms with Gasteiger partial charge in [0.1, 0.15) is 6.04 Å². The summed E-state index contributed by atoms with van der Waals surface area (Å²) in [6.45, 7) is 4.31. The normalized spacial score (nSPS) is 13.3. The highest BCUT2D eigenvalue weighted by molar-refractivity contribution is 5.73. The molecular formula is C8H17NO3. The number of nitrogens with one attached hydrogen (secondary N) is 1. The summed E-state index contributed by atoms with van der Waals surface area (Å²) in [4.78, 5) is 10.6. The number of carboxylic acid groups (broad SMARTS) is 1. The third-order valence-electron chi connectivity index (χ3n) is 1.44. The number of carbonyl (C=O) groups is 1. The summed E-state index contributed by atoms with van der Waals surface area (Å²) in [5, 5.41) is 11.7. The molecule has 0 amide bonds. The minimum atomic E-state index is -0.819. The second-order valence-corrected chi connectivity index (χ2v) is 2.99. The van der Waals surface area contributed by atoms with Gasteiger partial charge >= 0.3 is 5.97 Å². The van der Waals surface area contributed by atoms with Crippen LogP contribution in [0.4, 0.5) is 0 Å². The predicted molar refractivity (Wildman–Crippen MR) is 46.2 cm³/mol. The SMILES string of the molecule is COCCC(NC(C)C)C(=O)O. The van der Waals surface area contributed by atoms with Crippen molar-refractivity contribution in [3.8, 4) is 0 Å². The highest BCUT2D eigenvalue weighted by atomic mass is 16.5. The molecule has 0 aliphatic rings. The molecule has 0 saturated heterocycles. The zero-order chi connectivity index (χ0) is 9.56. The van der Waals surface area contributed by atoms with Crippen molar-refractivity contribution >= 4 is 5.97 Å². The molecule has 0 fully saturated rings. The summed E-state index contributed by atoms with van der Waals surface area (Å²) in [6, 6.07) is -0.312. The van der Waals surface area contributed by atoms with E-state index in [1.54, 1.807) is 7.11 Å². The van der Waals surface area contributed by atoms with Crippen molar-refractivity contribution in [1.82, 2.24) is 5.32 Å². The van der Waals surface area contributed by atoms with Gasteiger partial charge in [-0.05, 0) is 6.42 Å². The Morgan fingerprint density at radius 1 is 1.58 bits per heavy atom. The summed E-state index contributed by atoms with van der Waals surface area (Å²) in [5.41, 5.74) is 0. The maximum atomic E-state index is 10.6. The van der Waals surface area contributed by atoms with E-state index < -0.39 is 12.0 Å². The van der Waals surface area contributed by atoms with Crippen LogP contribution in [-0.4, -0.2) is 36.9 Å². The van der Waals surface area contributed by atoms with Crippen LogP contribution in [0.5, 0.6) is 0 Å². The van der Waals surface area contributed by atoms with E-state index in [9.17, 15) is 4.79 Å². The molecule has 0 radical (unpaired) electrons. The molecule has 0 saturated carbocycles. The molecular weight excluding hydrogens is 158 g/mol. The van der Waals surface area contributed by atoms with Crippen LogP contribution >= 0.6 is 0 Å². The van der Waals surface area contributed by atoms with E-state index in [0.717, 1.165) is 0 Å². The third kappa shape index (κ3) is 5.09. The van der Waals surface area contributed by atoms with Gasteiger partial charge in [0, 0.05) is 19.8 Å². The smallest absolute Gasteiger partial charge is 0.320 e. The molecule has 12 heavy (non-hydrogen) atoms. The van der Waals surface area contributed by atoms with Gasteiger partial charge in [-0.25, -0.2) is 0 Å². The lowest BCUT2D eigenvalue weighted by Crippen LogP contribution is -2.41. The lowest BCUT2D eigenvalue weighted by Gasteiger charge is -2.16. The van der Waals surface area contributed by atoms with Gasteiger partial charge in [-0.1, -0.05) is 13.8 Å². The maximum Gasteiger partial charge on any atom is 0.320 e. The van der Waals surface area contributed by atoms with Gasteiger partial charge in [0.2, 0.25) is 0 Å². The molecule has 1 unspecified atom stereocenters. The zero-order valence-electron chi connectivity index (χ0n) is 7.83. The van der Waals surface area contributed by atoms with Crippen LogP contribution in [0.2, 0.25) is 0 Å². The molecule has 0 aliphatic carbocycles. The lowest BCUT2D eigenvalue weighted by atomic mass is 10.2. The maximum absolute atomic E-state index is 10.6. The first kappa shape index (κ1) is 11.4. The van der Waals surface area contributed by atoms with Gasteiger partial charge in [-0.3, -0.25) is 4.79 Å². The third-order valence-corrected chi connectivity index (χ3v) is 1.44. The van der Waals surface area contributed by atoms with E-state index in [1.807, 2.05) is 13.8 Å². The first-order valence-corrected chi connectivity index (χ1v) is 4.05. The summed E-state index contributed by atoms with van der Waals surface area (Å²) in [7, 11) is 1.56. The minimum Gasteiger partial charge on any atom is -0.480 e. The second kappa shape index (κ2) is 5.97. The molecule has 0 aromatic rings. The molecule has 0 bridgehead atoms. The summed E-state index contributed by atoms with van der Waals surface area (Å²) in [6.07, 6.45) is 0.504. The highest BCUT2D eigenvalue weighted by Crippen LogP contribution is 1.94. The molecule has 0 rings (SSSR count). The average molecular weight is 175 g/mol. The van der Waals surface area contributed by atoms with Gasteiger partial charge < -0.3 is 15.2 Å². The van der Waals surface area contributed by atoms with Crippen molar-refractivity contribution in [3.05, 3.63) is 0 Å². The quantitative estimate of drug-likeness (QED) is 0.616. The van der Waals surface area contributed by atoms with Gasteiger partial charge in [-0.2, -0.15) is 0 Å². The summed E-state index contributed by atoms with van der Waals surface area (Å²) >= 11 is 0. The van der Waals surface area contributed by atoms with Crippen LogP contribution in [0, 0.1) is 0 Å². The summed E-state index contributed by atoms with van der Waals surface area (Å²) in [5.74, 6) is -0.819. The monoisotopic (exact) mass is 175 g/mol. The minimum absolute atomic E-state index is 0.183. The number of carboxylic acids is 1. The first-order valence-electron chi connectivity index (χ1n) is 4.05. The predicted octanol–water partition coefficient (Wildman–Crippen LogP) is 0.474. The topological polar surface area (TPSA) is 58.6 Å². The lowest BCUT2D eigenvalue weighted by molar-refractivity contribution is -0.140. The van der Waals surface area contributed by atoms with Crippen molar-refractivity contribution in [3.63, 3.8) is 0 Å². The van der Waals surface area contributed by atoms with E-state index in [1.165, 1.54) is 0 Å². The van der Waals surface area contributed by atoms with Gasteiger partial charge in [0.25, 0.3) is 0 Å². The van der Waals surface area contributed by atoms with E-state index in [4.69, 9.17) is 9.84 Å². The second-order valence-electron chi connectivity index (χ2n) is 2.99. The van der Waals surface area contributed by atoms with Crippen LogP contribution in [0.1, 0.15) is 20.3 Å². The Kier molecular flexibility index (Phi) is 5.66. The van der Waals surface area contributed by atoms with Crippen molar-refractivity contribution < 1.29 is 14.6 Å². The molecule has 2 N–H and O–H groups in total. The van der Waals surface area contributed by atoms with Crippen molar-refractivity contribution in [2.75, 3.05) is 13.7 Å². The Morgan fingerprint density at radius 2 is 2.17 bits per heavy atom. The molecule has 0 spiro atoms. The van der Waals surface area contributed by atoms with Gasteiger partial charge in [0.15, 0.2) is 0 Å². The van der Waals surface area contributed by atoms with Crippen LogP contribution < -0.4 is 5.32 Å². The molecule has 4 nitrogen and oxygen atoms in total. The van der Waals surface area contributed by atoms with Gasteiger partial charge in [-0.15, -0.1) is 0 Å². The van der Waals surface area contributed by atoms with Crippen LogP contribution in [0.15, 0.2) is 0 Å². The molecule has 0 aromatic carbocycles. The van der Waals surface area contributed by atoms with Crippen molar-refractivity contribution in [2.24, 2.45) is 0 Å². The first-order chi connectivity index (χ1) is 5.57. The standard InChI is InChI=1S/C8H17NO3/c1-6(2)9-7(8(10)11)4-5-12-3/h6-7,9H,4-5H2,1-3H3,(H,10,11). The Balaban J connectivity index is 3.78. The van der Waals surface area contributed by atoms with E-state index in [0.29, 0.717) is 13.0 Å².